The Morgan fingerprint density at radius 2 is 2.36 bits per heavy atom. The molecule has 3 N–H and O–H groups in total. The smallest absolute Gasteiger partial charge is 0.0991 e. The lowest BCUT2D eigenvalue weighted by Gasteiger charge is -2.13. The predicted molar refractivity (Wildman–Crippen MR) is 55.5 cm³/mol. The summed E-state index contributed by atoms with van der Waals surface area (Å²) >= 11 is 0. The molecule has 0 radical (unpaired) electrons. The Bertz CT molecular complexity index is 373. The van der Waals surface area contributed by atoms with E-state index in [0.29, 0.717) is 11.6 Å². The quantitative estimate of drug-likeness (QED) is 0.656. The summed E-state index contributed by atoms with van der Waals surface area (Å²) in [5.74, 6) is 0. The summed E-state index contributed by atoms with van der Waals surface area (Å²) in [6.07, 6.45) is 2.29. The lowest BCUT2D eigenvalue weighted by molar-refractivity contribution is 0.649. The third-order valence-corrected chi connectivity index (χ3v) is 2.65. The third-order valence-electron chi connectivity index (χ3n) is 2.65. The molecule has 1 saturated heterocycles. The molecule has 1 fully saturated rings. The molecule has 1 heterocycles. The molecule has 1 atom stereocenters. The molecular weight excluding hydrogens is 174 g/mol. The largest absolute Gasteiger partial charge is 0.398 e. The van der Waals surface area contributed by atoms with Crippen molar-refractivity contribution in [3.8, 4) is 6.07 Å². The van der Waals surface area contributed by atoms with Gasteiger partial charge in [0.25, 0.3) is 0 Å². The van der Waals surface area contributed by atoms with Crippen LogP contribution in [0.1, 0.15) is 30.0 Å². The number of nitrogen functional groups attached to an aromatic ring is 1. The van der Waals surface area contributed by atoms with E-state index in [-0.39, 0.29) is 0 Å². The molecule has 0 spiro atoms. The maximum atomic E-state index is 8.78. The highest BCUT2D eigenvalue weighted by molar-refractivity contribution is 5.52. The van der Waals surface area contributed by atoms with Gasteiger partial charge in [0.2, 0.25) is 0 Å². The summed E-state index contributed by atoms with van der Waals surface area (Å²) in [6, 6.07) is 7.93. The monoisotopic (exact) mass is 187 g/mol. The first kappa shape index (κ1) is 9.04. The summed E-state index contributed by atoms with van der Waals surface area (Å²) in [5.41, 5.74) is 8.41. The van der Waals surface area contributed by atoms with Crippen molar-refractivity contribution in [3.63, 3.8) is 0 Å². The summed E-state index contributed by atoms with van der Waals surface area (Å²) < 4.78 is 0. The zero-order valence-corrected chi connectivity index (χ0v) is 7.96. The summed E-state index contributed by atoms with van der Waals surface area (Å²) in [6.45, 7) is 1.04. The summed E-state index contributed by atoms with van der Waals surface area (Å²) in [4.78, 5) is 0. The van der Waals surface area contributed by atoms with Crippen molar-refractivity contribution in [2.45, 2.75) is 18.9 Å². The van der Waals surface area contributed by atoms with Crippen molar-refractivity contribution in [1.29, 1.82) is 5.26 Å². The fourth-order valence-electron chi connectivity index (χ4n) is 1.90. The molecule has 0 bridgehead atoms. The SMILES string of the molecule is N#Cc1ccc(N)c([C@@H]2CCCN2)c1. The molecule has 3 nitrogen and oxygen atoms in total. The van der Waals surface area contributed by atoms with Crippen molar-refractivity contribution in [3.05, 3.63) is 29.3 Å². The zero-order valence-electron chi connectivity index (χ0n) is 7.96. The molecule has 0 amide bonds. The van der Waals surface area contributed by atoms with E-state index in [1.165, 1.54) is 6.42 Å². The molecule has 0 aliphatic carbocycles. The van der Waals surface area contributed by atoms with Crippen LogP contribution in [0.3, 0.4) is 0 Å². The van der Waals surface area contributed by atoms with Crippen molar-refractivity contribution >= 4 is 5.69 Å². The average molecular weight is 187 g/mol. The first-order valence-electron chi connectivity index (χ1n) is 4.84. The van der Waals surface area contributed by atoms with Gasteiger partial charge in [-0.15, -0.1) is 0 Å². The van der Waals surface area contributed by atoms with E-state index < -0.39 is 0 Å². The molecule has 1 aromatic rings. The van der Waals surface area contributed by atoms with E-state index >= 15 is 0 Å². The van der Waals surface area contributed by atoms with Crippen LogP contribution in [0.25, 0.3) is 0 Å². The Morgan fingerprint density at radius 3 is 3.00 bits per heavy atom. The molecule has 2 rings (SSSR count). The van der Waals surface area contributed by atoms with E-state index in [1.807, 2.05) is 12.1 Å². The minimum Gasteiger partial charge on any atom is -0.398 e. The topological polar surface area (TPSA) is 61.8 Å². The van der Waals surface area contributed by atoms with Crippen LogP contribution in [0.4, 0.5) is 5.69 Å². The summed E-state index contributed by atoms with van der Waals surface area (Å²) in [7, 11) is 0. The number of rotatable bonds is 1. The normalized spacial score (nSPS) is 20.6. The number of benzene rings is 1. The third kappa shape index (κ3) is 1.57. The minimum absolute atomic E-state index is 0.336. The van der Waals surface area contributed by atoms with Crippen LogP contribution >= 0.6 is 0 Å². The zero-order chi connectivity index (χ0) is 9.97. The van der Waals surface area contributed by atoms with Gasteiger partial charge in [0.1, 0.15) is 0 Å². The fraction of sp³-hybridized carbons (Fsp3) is 0.364. The Hall–Kier alpha value is -1.53. The number of hydrogen-bond donors (Lipinski definition) is 2. The maximum Gasteiger partial charge on any atom is 0.0991 e. The van der Waals surface area contributed by atoms with Gasteiger partial charge in [-0.25, -0.2) is 0 Å². The van der Waals surface area contributed by atoms with Crippen LogP contribution < -0.4 is 11.1 Å². The second kappa shape index (κ2) is 3.69. The van der Waals surface area contributed by atoms with Gasteiger partial charge in [-0.3, -0.25) is 0 Å². The van der Waals surface area contributed by atoms with Gasteiger partial charge in [-0.2, -0.15) is 5.26 Å². The van der Waals surface area contributed by atoms with Crippen LogP contribution in [-0.4, -0.2) is 6.54 Å². The van der Waals surface area contributed by atoms with E-state index in [2.05, 4.69) is 11.4 Å². The number of nitrogens with one attached hydrogen (secondary N) is 1. The highest BCUT2D eigenvalue weighted by atomic mass is 14.9. The predicted octanol–water partition coefficient (Wildman–Crippen LogP) is 1.56. The Balaban J connectivity index is 2.35. The van der Waals surface area contributed by atoms with Gasteiger partial charge < -0.3 is 11.1 Å². The molecular formula is C11H13N3. The second-order valence-electron chi connectivity index (χ2n) is 3.60. The Morgan fingerprint density at radius 1 is 1.50 bits per heavy atom. The van der Waals surface area contributed by atoms with E-state index in [0.717, 1.165) is 24.2 Å². The van der Waals surface area contributed by atoms with Gasteiger partial charge in [0.15, 0.2) is 0 Å². The van der Waals surface area contributed by atoms with Gasteiger partial charge in [0.05, 0.1) is 11.6 Å². The van der Waals surface area contributed by atoms with Crippen LogP contribution in [0.5, 0.6) is 0 Å². The van der Waals surface area contributed by atoms with Crippen LogP contribution in [0, 0.1) is 11.3 Å². The van der Waals surface area contributed by atoms with Crippen molar-refractivity contribution in [2.24, 2.45) is 0 Å². The summed E-state index contributed by atoms with van der Waals surface area (Å²) in [5, 5.41) is 12.2. The number of hydrogen-bond acceptors (Lipinski definition) is 3. The number of nitriles is 1. The molecule has 72 valence electrons. The molecule has 0 unspecified atom stereocenters. The molecule has 0 saturated carbocycles. The van der Waals surface area contributed by atoms with Gasteiger partial charge in [0, 0.05) is 11.7 Å². The van der Waals surface area contributed by atoms with Gasteiger partial charge >= 0.3 is 0 Å². The Kier molecular flexibility index (Phi) is 2.38. The van der Waals surface area contributed by atoms with Gasteiger partial charge in [-0.1, -0.05) is 0 Å². The molecule has 14 heavy (non-hydrogen) atoms. The van der Waals surface area contributed by atoms with Crippen LogP contribution in [-0.2, 0) is 0 Å². The molecule has 1 aliphatic rings. The molecule has 3 heteroatoms. The standard InChI is InChI=1S/C11H13N3/c12-7-8-3-4-10(13)9(6-8)11-2-1-5-14-11/h3-4,6,11,14H,1-2,5,13H2/t11-/m0/s1. The van der Waals surface area contributed by atoms with Gasteiger partial charge in [-0.05, 0) is 43.1 Å². The molecule has 0 aromatic heterocycles. The van der Waals surface area contributed by atoms with Crippen LogP contribution in [0.2, 0.25) is 0 Å². The first-order valence-corrected chi connectivity index (χ1v) is 4.84. The fourth-order valence-corrected chi connectivity index (χ4v) is 1.90. The van der Waals surface area contributed by atoms with Crippen molar-refractivity contribution in [1.82, 2.24) is 5.32 Å². The molecule has 1 aliphatic heterocycles. The average Bonchev–Trinajstić information content (AvgIpc) is 2.71. The van der Waals surface area contributed by atoms with Crippen molar-refractivity contribution < 1.29 is 0 Å². The Labute approximate surface area is 83.5 Å². The molecule has 1 aromatic carbocycles. The minimum atomic E-state index is 0.336. The lowest BCUT2D eigenvalue weighted by Crippen LogP contribution is -2.14. The first-order chi connectivity index (χ1) is 6.81. The highest BCUT2D eigenvalue weighted by Gasteiger charge is 2.18. The van der Waals surface area contributed by atoms with Crippen LogP contribution in [0.15, 0.2) is 18.2 Å². The van der Waals surface area contributed by atoms with Crippen molar-refractivity contribution in [2.75, 3.05) is 12.3 Å². The van der Waals surface area contributed by atoms with E-state index in [9.17, 15) is 0 Å². The number of nitrogens with zero attached hydrogens (tertiary/aromatic N) is 1. The maximum absolute atomic E-state index is 8.78. The number of anilines is 1. The van der Waals surface area contributed by atoms with E-state index in [1.54, 1.807) is 6.07 Å². The highest BCUT2D eigenvalue weighted by Crippen LogP contribution is 2.28. The number of nitrogens with two attached hydrogens (primary N) is 1. The van der Waals surface area contributed by atoms with E-state index in [4.69, 9.17) is 11.0 Å². The second-order valence-corrected chi connectivity index (χ2v) is 3.60. The lowest BCUT2D eigenvalue weighted by atomic mass is 10.0.